The topological polar surface area (TPSA) is 59.9 Å². The third-order valence-electron chi connectivity index (χ3n) is 6.75. The third-order valence-corrected chi connectivity index (χ3v) is 9.23. The molecule has 1 aliphatic carbocycles. The summed E-state index contributed by atoms with van der Waals surface area (Å²) in [6.45, 7) is 0. The van der Waals surface area contributed by atoms with E-state index in [9.17, 15) is 9.59 Å². The van der Waals surface area contributed by atoms with Crippen LogP contribution in [0.25, 0.3) is 42.7 Å². The standard InChI is InChI=1S/C30H14N2O2S4/c33-27-20-12-6-10-18(26-30(36)16-8-2-4-14-22(16)38-32-26)24(20)28(34)19-11-5-9-17(23(19)27)25-29(35)15-7-1-3-13-21(15)37-31-25/h1-14H. The molecule has 38 heavy (non-hydrogen) atoms. The quantitative estimate of drug-likeness (QED) is 0.197. The molecule has 0 atom stereocenters. The summed E-state index contributed by atoms with van der Waals surface area (Å²) < 4.78 is 12.4. The molecule has 2 aromatic heterocycles. The fourth-order valence-electron chi connectivity index (χ4n) is 4.97. The molecule has 0 radical (unpaired) electrons. The summed E-state index contributed by atoms with van der Waals surface area (Å²) in [6, 6.07) is 26.1. The van der Waals surface area contributed by atoms with Gasteiger partial charge >= 0.3 is 0 Å². The van der Waals surface area contributed by atoms with Gasteiger partial charge in [-0.05, 0) is 35.2 Å². The monoisotopic (exact) mass is 562 g/mol. The number of ketones is 2. The van der Waals surface area contributed by atoms with Crippen molar-refractivity contribution >= 4 is 79.2 Å². The van der Waals surface area contributed by atoms with Crippen LogP contribution in [-0.2, 0) is 0 Å². The van der Waals surface area contributed by atoms with E-state index in [2.05, 4.69) is 8.75 Å². The van der Waals surface area contributed by atoms with Gasteiger partial charge < -0.3 is 0 Å². The van der Waals surface area contributed by atoms with E-state index in [-0.39, 0.29) is 11.6 Å². The van der Waals surface area contributed by atoms with E-state index in [0.29, 0.717) is 53.8 Å². The van der Waals surface area contributed by atoms with Gasteiger partial charge in [0.05, 0.1) is 18.4 Å². The normalized spacial score (nSPS) is 12.5. The Kier molecular flexibility index (Phi) is 5.45. The predicted octanol–water partition coefficient (Wildman–Crippen LogP) is 8.47. The van der Waals surface area contributed by atoms with E-state index in [1.54, 1.807) is 24.3 Å². The summed E-state index contributed by atoms with van der Waals surface area (Å²) in [5.74, 6) is -0.478. The summed E-state index contributed by atoms with van der Waals surface area (Å²) in [5.41, 5.74) is 3.53. The maximum Gasteiger partial charge on any atom is 0.195 e. The number of carbonyl (C=O) groups excluding carboxylic acids is 2. The van der Waals surface area contributed by atoms with E-state index in [1.807, 2.05) is 60.7 Å². The number of nitrogens with zero attached hydrogens (tertiary/aromatic N) is 2. The maximum atomic E-state index is 14.0. The molecule has 4 nitrogen and oxygen atoms in total. The molecule has 0 fully saturated rings. The molecule has 6 aromatic rings. The Hall–Kier alpha value is -3.82. The number of benzene rings is 4. The predicted molar refractivity (Wildman–Crippen MR) is 159 cm³/mol. The Bertz CT molecular complexity index is 1980. The van der Waals surface area contributed by atoms with Gasteiger partial charge in [-0.25, -0.2) is 0 Å². The van der Waals surface area contributed by atoms with Crippen LogP contribution < -0.4 is 0 Å². The first-order valence-corrected chi connectivity index (χ1v) is 14.0. The number of rotatable bonds is 2. The van der Waals surface area contributed by atoms with E-state index in [1.165, 1.54) is 23.1 Å². The van der Waals surface area contributed by atoms with Gasteiger partial charge in [0.15, 0.2) is 11.6 Å². The van der Waals surface area contributed by atoms with Crippen molar-refractivity contribution in [1.29, 1.82) is 0 Å². The van der Waals surface area contributed by atoms with E-state index < -0.39 is 0 Å². The summed E-state index contributed by atoms with van der Waals surface area (Å²) >= 11 is 14.2. The van der Waals surface area contributed by atoms with Gasteiger partial charge in [-0.15, -0.1) is 0 Å². The minimum absolute atomic E-state index is 0.239. The Balaban J connectivity index is 1.46. The molecule has 0 aliphatic heterocycles. The summed E-state index contributed by atoms with van der Waals surface area (Å²) in [4.78, 5) is 28.1. The zero-order valence-electron chi connectivity index (χ0n) is 19.4. The number of fused-ring (bicyclic) bond motifs is 4. The van der Waals surface area contributed by atoms with Gasteiger partial charge in [0, 0.05) is 44.2 Å². The van der Waals surface area contributed by atoms with Crippen LogP contribution in [0.3, 0.4) is 0 Å². The van der Waals surface area contributed by atoms with Crippen molar-refractivity contribution < 1.29 is 9.59 Å². The third kappa shape index (κ3) is 3.38. The van der Waals surface area contributed by atoms with E-state index in [4.69, 9.17) is 24.4 Å². The zero-order chi connectivity index (χ0) is 26.0. The average molecular weight is 563 g/mol. The van der Waals surface area contributed by atoms with Crippen LogP contribution in [0.4, 0.5) is 0 Å². The molecule has 180 valence electrons. The van der Waals surface area contributed by atoms with Gasteiger partial charge in [-0.3, -0.25) is 9.59 Å². The summed E-state index contributed by atoms with van der Waals surface area (Å²) in [6.07, 6.45) is 0. The number of carbonyl (C=O) groups is 2. The average Bonchev–Trinajstić information content (AvgIpc) is 2.96. The highest BCUT2D eigenvalue weighted by molar-refractivity contribution is 7.72. The molecule has 0 spiro atoms. The van der Waals surface area contributed by atoms with Crippen LogP contribution >= 0.6 is 47.5 Å². The lowest BCUT2D eigenvalue weighted by atomic mass is 9.79. The second-order valence-corrected chi connectivity index (χ2v) is 11.3. The minimum atomic E-state index is -0.239. The minimum Gasteiger partial charge on any atom is -0.289 e. The number of aromatic nitrogens is 2. The van der Waals surface area contributed by atoms with Crippen LogP contribution in [0.15, 0.2) is 84.9 Å². The largest absolute Gasteiger partial charge is 0.289 e. The van der Waals surface area contributed by atoms with Crippen molar-refractivity contribution in [1.82, 2.24) is 8.75 Å². The van der Waals surface area contributed by atoms with Gasteiger partial charge in [-0.2, -0.15) is 8.75 Å². The van der Waals surface area contributed by atoms with Crippen LogP contribution in [0.1, 0.15) is 31.8 Å². The van der Waals surface area contributed by atoms with Crippen molar-refractivity contribution in [3.63, 3.8) is 0 Å². The van der Waals surface area contributed by atoms with Gasteiger partial charge in [0.2, 0.25) is 0 Å². The molecule has 8 heteroatoms. The molecule has 1 aliphatic rings. The van der Waals surface area contributed by atoms with Gasteiger partial charge in [0.25, 0.3) is 0 Å². The molecular formula is C30H14N2O2S4. The molecule has 0 saturated heterocycles. The van der Waals surface area contributed by atoms with Crippen LogP contribution in [0.2, 0.25) is 0 Å². The van der Waals surface area contributed by atoms with Gasteiger partial charge in [-0.1, -0.05) is 97.2 Å². The van der Waals surface area contributed by atoms with Gasteiger partial charge in [0.1, 0.15) is 11.4 Å². The number of hydrogen-bond acceptors (Lipinski definition) is 8. The highest BCUT2D eigenvalue weighted by atomic mass is 32.1. The summed E-state index contributed by atoms with van der Waals surface area (Å²) in [5, 5.41) is 1.79. The second kappa shape index (κ2) is 8.89. The highest BCUT2D eigenvalue weighted by Crippen LogP contribution is 2.40. The molecule has 0 unspecified atom stereocenters. The lowest BCUT2D eigenvalue weighted by molar-refractivity contribution is 0.0980. The second-order valence-electron chi connectivity index (χ2n) is 8.83. The highest BCUT2D eigenvalue weighted by Gasteiger charge is 2.35. The van der Waals surface area contributed by atoms with E-state index >= 15 is 0 Å². The first kappa shape index (κ1) is 23.3. The number of hydrogen-bond donors (Lipinski definition) is 0. The lowest BCUT2D eigenvalue weighted by Crippen LogP contribution is -2.23. The van der Waals surface area contributed by atoms with E-state index in [0.717, 1.165) is 20.2 Å². The smallest absolute Gasteiger partial charge is 0.195 e. The molecule has 0 bridgehead atoms. The van der Waals surface area contributed by atoms with Crippen molar-refractivity contribution in [3.8, 4) is 22.5 Å². The Morgan fingerprint density at radius 1 is 0.500 bits per heavy atom. The molecular weight excluding hydrogens is 549 g/mol. The molecule has 0 N–H and O–H groups in total. The lowest BCUT2D eigenvalue weighted by Gasteiger charge is -2.22. The first-order valence-electron chi connectivity index (χ1n) is 11.7. The molecule has 4 aromatic carbocycles. The van der Waals surface area contributed by atoms with Crippen LogP contribution in [-0.4, -0.2) is 20.3 Å². The Morgan fingerprint density at radius 2 is 0.895 bits per heavy atom. The van der Waals surface area contributed by atoms with Crippen LogP contribution in [0.5, 0.6) is 0 Å². The molecule has 7 rings (SSSR count). The molecule has 0 amide bonds. The zero-order valence-corrected chi connectivity index (χ0v) is 22.7. The maximum absolute atomic E-state index is 14.0. The first-order chi connectivity index (χ1) is 18.5. The van der Waals surface area contributed by atoms with Crippen molar-refractivity contribution in [3.05, 3.63) is 116 Å². The van der Waals surface area contributed by atoms with Crippen molar-refractivity contribution in [2.75, 3.05) is 0 Å². The van der Waals surface area contributed by atoms with Crippen LogP contribution in [0, 0.1) is 9.02 Å². The summed E-state index contributed by atoms with van der Waals surface area (Å²) in [7, 11) is 0. The molecule has 2 heterocycles. The fourth-order valence-corrected chi connectivity index (χ4v) is 7.46. The Labute approximate surface area is 235 Å². The molecule has 0 saturated carbocycles. The van der Waals surface area contributed by atoms with Crippen molar-refractivity contribution in [2.24, 2.45) is 0 Å². The SMILES string of the molecule is O=C1c2cccc(-c3nsc4ccccc4c3=S)c2C(=O)c2cccc(-c3nsc4ccccc4c3=S)c21. The Morgan fingerprint density at radius 3 is 1.34 bits per heavy atom. The van der Waals surface area contributed by atoms with Crippen molar-refractivity contribution in [2.45, 2.75) is 0 Å². The fraction of sp³-hybridized carbons (Fsp3) is 0.